The average molecular weight is 716 g/mol. The van der Waals surface area contributed by atoms with E-state index in [-0.39, 0.29) is 5.41 Å². The van der Waals surface area contributed by atoms with Gasteiger partial charge < -0.3 is 0 Å². The van der Waals surface area contributed by atoms with E-state index in [1.807, 2.05) is 18.2 Å². The second-order valence-corrected chi connectivity index (χ2v) is 15.6. The summed E-state index contributed by atoms with van der Waals surface area (Å²) in [6.07, 6.45) is 0. The van der Waals surface area contributed by atoms with E-state index in [4.69, 9.17) is 15.0 Å². The minimum atomic E-state index is -0.428. The van der Waals surface area contributed by atoms with Gasteiger partial charge in [0.05, 0.1) is 5.41 Å². The Kier molecular flexibility index (Phi) is 7.11. The molecule has 8 aromatic carbocycles. The van der Waals surface area contributed by atoms with Crippen molar-refractivity contribution in [2.75, 3.05) is 0 Å². The molecular weight excluding hydrogens is 679 g/mol. The Morgan fingerprint density at radius 2 is 0.768 bits per heavy atom. The first-order valence-electron chi connectivity index (χ1n) is 19.4. The zero-order valence-corrected chi connectivity index (χ0v) is 31.2. The fourth-order valence-corrected chi connectivity index (χ4v) is 9.53. The van der Waals surface area contributed by atoms with Crippen molar-refractivity contribution >= 4 is 10.8 Å². The molecule has 0 aliphatic heterocycles. The van der Waals surface area contributed by atoms with Crippen LogP contribution in [-0.4, -0.2) is 15.0 Å². The van der Waals surface area contributed by atoms with Crippen molar-refractivity contribution in [2.24, 2.45) is 0 Å². The normalized spacial score (nSPS) is 14.2. The summed E-state index contributed by atoms with van der Waals surface area (Å²) in [6, 6.07) is 68.0. The van der Waals surface area contributed by atoms with Crippen molar-refractivity contribution in [2.45, 2.75) is 24.7 Å². The van der Waals surface area contributed by atoms with E-state index in [2.05, 4.69) is 184 Å². The van der Waals surface area contributed by atoms with Gasteiger partial charge in [0.25, 0.3) is 0 Å². The average Bonchev–Trinajstić information content (AvgIpc) is 3.56. The molecule has 2 aliphatic rings. The Balaban J connectivity index is 1.06. The van der Waals surface area contributed by atoms with E-state index in [0.29, 0.717) is 17.5 Å². The largest absolute Gasteiger partial charge is 0.208 e. The van der Waals surface area contributed by atoms with Crippen LogP contribution in [-0.2, 0) is 10.8 Å². The van der Waals surface area contributed by atoms with Crippen molar-refractivity contribution in [3.63, 3.8) is 0 Å². The first kappa shape index (κ1) is 32.5. The van der Waals surface area contributed by atoms with Crippen LogP contribution in [0.4, 0.5) is 0 Å². The molecule has 1 aromatic heterocycles. The van der Waals surface area contributed by atoms with Crippen LogP contribution in [0.2, 0.25) is 0 Å². The highest BCUT2D eigenvalue weighted by molar-refractivity contribution is 5.90. The van der Waals surface area contributed by atoms with Gasteiger partial charge in [-0.25, -0.2) is 15.0 Å². The zero-order valence-electron chi connectivity index (χ0n) is 31.2. The quantitative estimate of drug-likeness (QED) is 0.182. The number of hydrogen-bond acceptors (Lipinski definition) is 3. The summed E-state index contributed by atoms with van der Waals surface area (Å²) in [5.41, 5.74) is 15.4. The molecule has 3 heteroatoms. The van der Waals surface area contributed by atoms with Crippen LogP contribution in [0.15, 0.2) is 188 Å². The van der Waals surface area contributed by atoms with Crippen molar-refractivity contribution in [1.82, 2.24) is 15.0 Å². The fraction of sp³-hybridized carbons (Fsp3) is 0.0755. The maximum atomic E-state index is 5.07. The third-order valence-electron chi connectivity index (χ3n) is 12.2. The Bertz CT molecular complexity index is 2950. The highest BCUT2D eigenvalue weighted by Crippen LogP contribution is 2.62. The molecular formula is C53H37N3. The van der Waals surface area contributed by atoms with Crippen LogP contribution in [0, 0.1) is 0 Å². The lowest BCUT2D eigenvalue weighted by Crippen LogP contribution is -2.40. The third kappa shape index (κ3) is 4.74. The van der Waals surface area contributed by atoms with Crippen LogP contribution < -0.4 is 0 Å². The molecule has 11 rings (SSSR count). The van der Waals surface area contributed by atoms with Crippen LogP contribution >= 0.6 is 0 Å². The van der Waals surface area contributed by atoms with E-state index < -0.39 is 5.41 Å². The molecule has 0 N–H and O–H groups in total. The first-order chi connectivity index (χ1) is 27.5. The number of fused-ring (bicyclic) bond motifs is 10. The number of rotatable bonds is 4. The van der Waals surface area contributed by atoms with Gasteiger partial charge in [0.15, 0.2) is 17.5 Å². The third-order valence-corrected chi connectivity index (χ3v) is 12.2. The highest BCUT2D eigenvalue weighted by atomic mass is 15.0. The van der Waals surface area contributed by atoms with Gasteiger partial charge in [0, 0.05) is 22.1 Å². The molecule has 0 bridgehead atoms. The van der Waals surface area contributed by atoms with Crippen LogP contribution in [0.5, 0.6) is 0 Å². The molecule has 1 spiro atoms. The second-order valence-electron chi connectivity index (χ2n) is 15.6. The monoisotopic (exact) mass is 715 g/mol. The van der Waals surface area contributed by atoms with Crippen molar-refractivity contribution in [1.29, 1.82) is 0 Å². The first-order valence-corrected chi connectivity index (χ1v) is 19.4. The molecule has 2 aliphatic carbocycles. The van der Waals surface area contributed by atoms with Crippen LogP contribution in [0.25, 0.3) is 67.2 Å². The lowest BCUT2D eigenvalue weighted by atomic mass is 9.55. The second kappa shape index (κ2) is 12.3. The molecule has 1 heterocycles. The van der Waals surface area contributed by atoms with Gasteiger partial charge in [0.2, 0.25) is 0 Å². The number of hydrogen-bond donors (Lipinski definition) is 0. The van der Waals surface area contributed by atoms with E-state index in [1.54, 1.807) is 0 Å². The summed E-state index contributed by atoms with van der Waals surface area (Å²) in [5.74, 6) is 1.96. The van der Waals surface area contributed by atoms with Gasteiger partial charge in [-0.05, 0) is 78.5 Å². The molecule has 0 fully saturated rings. The summed E-state index contributed by atoms with van der Waals surface area (Å²) in [6.45, 7) is 4.76. The molecule has 0 radical (unpaired) electrons. The lowest BCUT2D eigenvalue weighted by Gasteiger charge is -2.46. The molecule has 264 valence electrons. The predicted octanol–water partition coefficient (Wildman–Crippen LogP) is 12.7. The Morgan fingerprint density at radius 1 is 0.304 bits per heavy atom. The summed E-state index contributed by atoms with van der Waals surface area (Å²) < 4.78 is 0. The Morgan fingerprint density at radius 3 is 1.45 bits per heavy atom. The summed E-state index contributed by atoms with van der Waals surface area (Å²) in [5, 5.41) is 2.34. The van der Waals surface area contributed by atoms with Gasteiger partial charge in [-0.1, -0.05) is 190 Å². The molecule has 0 unspecified atom stereocenters. The smallest absolute Gasteiger partial charge is 0.164 e. The van der Waals surface area contributed by atoms with Gasteiger partial charge in [-0.3, -0.25) is 0 Å². The Labute approximate surface area is 327 Å². The summed E-state index contributed by atoms with van der Waals surface area (Å²) in [4.78, 5) is 15.1. The summed E-state index contributed by atoms with van der Waals surface area (Å²) in [7, 11) is 0. The van der Waals surface area contributed by atoms with E-state index in [1.165, 1.54) is 55.5 Å². The van der Waals surface area contributed by atoms with Crippen LogP contribution in [0.3, 0.4) is 0 Å². The minimum absolute atomic E-state index is 0.177. The van der Waals surface area contributed by atoms with E-state index in [9.17, 15) is 0 Å². The highest BCUT2D eigenvalue weighted by Gasteiger charge is 2.53. The topological polar surface area (TPSA) is 38.7 Å². The van der Waals surface area contributed by atoms with E-state index in [0.717, 1.165) is 27.6 Å². The van der Waals surface area contributed by atoms with Crippen LogP contribution in [0.1, 0.15) is 47.2 Å². The Hall–Kier alpha value is -6.97. The van der Waals surface area contributed by atoms with E-state index >= 15 is 0 Å². The van der Waals surface area contributed by atoms with Gasteiger partial charge in [0.1, 0.15) is 0 Å². The standard InChI is InChI=1S/C53H37N3/c1-52(2)45-22-12-13-23-47(45)53(43-20-10-8-18-41(43)42-19-9-11-21-44(42)53)48-33-39(30-31-46(48)52)35-24-27-37(28-25-35)50-54-49(36-15-4-3-5-16-36)55-51(56-50)40-29-26-34-14-6-7-17-38(34)32-40/h3-33H,1-2H3. The maximum absolute atomic E-state index is 5.07. The SMILES string of the molecule is CC1(C)c2ccccc2C2(c3ccccc3-c3ccccc32)c2cc(-c3ccc(-c4nc(-c5ccccc5)nc(-c5ccc6ccccc6c5)n4)cc3)ccc21. The molecule has 9 aromatic rings. The van der Waals surface area contributed by atoms with Gasteiger partial charge in [-0.2, -0.15) is 0 Å². The lowest BCUT2D eigenvalue weighted by molar-refractivity contribution is 0.563. The van der Waals surface area contributed by atoms with Gasteiger partial charge >= 0.3 is 0 Å². The number of aromatic nitrogens is 3. The molecule has 0 saturated heterocycles. The summed E-state index contributed by atoms with van der Waals surface area (Å²) >= 11 is 0. The maximum Gasteiger partial charge on any atom is 0.164 e. The molecule has 0 saturated carbocycles. The van der Waals surface area contributed by atoms with Crippen molar-refractivity contribution in [3.05, 3.63) is 221 Å². The molecule has 0 atom stereocenters. The molecule has 56 heavy (non-hydrogen) atoms. The van der Waals surface area contributed by atoms with Gasteiger partial charge in [-0.15, -0.1) is 0 Å². The van der Waals surface area contributed by atoms with Crippen molar-refractivity contribution < 1.29 is 0 Å². The zero-order chi connectivity index (χ0) is 37.4. The fourth-order valence-electron chi connectivity index (χ4n) is 9.53. The number of benzene rings is 8. The molecule has 0 amide bonds. The molecule has 3 nitrogen and oxygen atoms in total. The van der Waals surface area contributed by atoms with Crippen molar-refractivity contribution in [3.8, 4) is 56.4 Å². The minimum Gasteiger partial charge on any atom is -0.208 e. The number of nitrogens with zero attached hydrogens (tertiary/aromatic N) is 3. The predicted molar refractivity (Wildman–Crippen MR) is 229 cm³/mol.